The zero-order valence-electron chi connectivity index (χ0n) is 11.9. The van der Waals surface area contributed by atoms with Crippen molar-refractivity contribution in [1.82, 2.24) is 14.7 Å². The van der Waals surface area contributed by atoms with E-state index < -0.39 is 0 Å². The van der Waals surface area contributed by atoms with E-state index in [-0.39, 0.29) is 32.2 Å². The average molecular weight is 269 g/mol. The van der Waals surface area contributed by atoms with Crippen LogP contribution >= 0.6 is 0 Å². The molecule has 2 N–H and O–H groups in total. The minimum Gasteiger partial charge on any atom is -0.395 e. The van der Waals surface area contributed by atoms with Gasteiger partial charge in [0, 0.05) is 32.3 Å². The normalized spacial score (nSPS) is 10.8. The Kier molecular flexibility index (Phi) is 5.98. The molecule has 0 unspecified atom stereocenters. The summed E-state index contributed by atoms with van der Waals surface area (Å²) < 4.78 is 1.81. The van der Waals surface area contributed by atoms with Crippen molar-refractivity contribution in [1.29, 1.82) is 0 Å². The van der Waals surface area contributed by atoms with E-state index >= 15 is 0 Å². The third kappa shape index (κ3) is 4.04. The second-order valence-corrected chi connectivity index (χ2v) is 4.60. The van der Waals surface area contributed by atoms with E-state index in [1.165, 1.54) is 4.90 Å². The van der Waals surface area contributed by atoms with Crippen molar-refractivity contribution in [2.24, 2.45) is 7.05 Å². The molecule has 6 nitrogen and oxygen atoms in total. The topological polar surface area (TPSA) is 78.6 Å². The van der Waals surface area contributed by atoms with Crippen LogP contribution in [0.2, 0.25) is 0 Å². The maximum atomic E-state index is 12.0. The van der Waals surface area contributed by atoms with Gasteiger partial charge in [-0.25, -0.2) is 0 Å². The van der Waals surface area contributed by atoms with Crippen molar-refractivity contribution >= 4 is 5.91 Å². The first-order valence-electron chi connectivity index (χ1n) is 6.49. The highest BCUT2D eigenvalue weighted by Gasteiger charge is 2.15. The Labute approximate surface area is 113 Å². The number of carbonyl (C=O) groups excluding carboxylic acids is 1. The molecule has 1 aromatic heterocycles. The molecule has 0 saturated carbocycles. The van der Waals surface area contributed by atoms with Crippen LogP contribution in [0.4, 0.5) is 0 Å². The second-order valence-electron chi connectivity index (χ2n) is 4.60. The molecule has 1 amide bonds. The van der Waals surface area contributed by atoms with Crippen LogP contribution in [0.15, 0.2) is 0 Å². The molecule has 19 heavy (non-hydrogen) atoms. The average Bonchev–Trinajstić information content (AvgIpc) is 2.61. The molecular weight excluding hydrogens is 246 g/mol. The van der Waals surface area contributed by atoms with Gasteiger partial charge in [0.1, 0.15) is 0 Å². The summed E-state index contributed by atoms with van der Waals surface area (Å²) in [6, 6.07) is 0. The molecule has 1 heterocycles. The lowest BCUT2D eigenvalue weighted by Crippen LogP contribution is -2.36. The Balaban J connectivity index is 2.62. The van der Waals surface area contributed by atoms with Crippen molar-refractivity contribution in [3.05, 3.63) is 17.0 Å². The number of aliphatic hydroxyl groups is 2. The molecule has 0 radical (unpaired) electrons. The number of amides is 1. The largest absolute Gasteiger partial charge is 0.395 e. The van der Waals surface area contributed by atoms with Gasteiger partial charge >= 0.3 is 0 Å². The van der Waals surface area contributed by atoms with Gasteiger partial charge < -0.3 is 15.1 Å². The molecule has 0 saturated heterocycles. The zero-order chi connectivity index (χ0) is 14.4. The van der Waals surface area contributed by atoms with Gasteiger partial charge in [0.2, 0.25) is 5.91 Å². The molecule has 0 aromatic carbocycles. The minimum absolute atomic E-state index is 0.0502. The van der Waals surface area contributed by atoms with Crippen molar-refractivity contribution in [2.75, 3.05) is 26.3 Å². The first-order valence-corrected chi connectivity index (χ1v) is 6.49. The van der Waals surface area contributed by atoms with Gasteiger partial charge in [0.25, 0.3) is 0 Å². The summed E-state index contributed by atoms with van der Waals surface area (Å²) in [7, 11) is 1.89. The van der Waals surface area contributed by atoms with Crippen molar-refractivity contribution in [3.63, 3.8) is 0 Å². The van der Waals surface area contributed by atoms with Gasteiger partial charge in [-0.2, -0.15) is 5.10 Å². The molecule has 0 aliphatic heterocycles. The van der Waals surface area contributed by atoms with Gasteiger partial charge in [-0.1, -0.05) is 0 Å². The summed E-state index contributed by atoms with van der Waals surface area (Å²) in [5.74, 6) is -0.0502. The molecule has 0 bridgehead atoms. The quantitative estimate of drug-likeness (QED) is 0.717. The number of aryl methyl sites for hydroxylation is 2. The van der Waals surface area contributed by atoms with E-state index in [2.05, 4.69) is 5.10 Å². The fourth-order valence-electron chi connectivity index (χ4n) is 2.17. The van der Waals surface area contributed by atoms with Crippen LogP contribution < -0.4 is 0 Å². The number of aliphatic hydroxyl groups excluding tert-OH is 2. The lowest BCUT2D eigenvalue weighted by molar-refractivity contribution is -0.132. The van der Waals surface area contributed by atoms with E-state index in [0.29, 0.717) is 12.8 Å². The van der Waals surface area contributed by atoms with Gasteiger partial charge in [0.15, 0.2) is 0 Å². The van der Waals surface area contributed by atoms with E-state index in [1.807, 2.05) is 25.6 Å². The molecule has 6 heteroatoms. The number of carbonyl (C=O) groups is 1. The Morgan fingerprint density at radius 1 is 1.26 bits per heavy atom. The fraction of sp³-hybridized carbons (Fsp3) is 0.692. The van der Waals surface area contributed by atoms with E-state index in [4.69, 9.17) is 10.2 Å². The smallest absolute Gasteiger partial charge is 0.223 e. The van der Waals surface area contributed by atoms with Crippen LogP contribution in [0.1, 0.15) is 23.4 Å². The molecule has 0 atom stereocenters. The number of nitrogens with zero attached hydrogens (tertiary/aromatic N) is 3. The van der Waals surface area contributed by atoms with Crippen LogP contribution in [0.3, 0.4) is 0 Å². The molecule has 0 fully saturated rings. The highest BCUT2D eigenvalue weighted by molar-refractivity contribution is 5.76. The highest BCUT2D eigenvalue weighted by Crippen LogP contribution is 2.14. The molecule has 0 spiro atoms. The van der Waals surface area contributed by atoms with Crippen LogP contribution in [0, 0.1) is 13.8 Å². The predicted molar refractivity (Wildman–Crippen MR) is 71.8 cm³/mol. The third-order valence-electron chi connectivity index (χ3n) is 3.34. The van der Waals surface area contributed by atoms with E-state index in [9.17, 15) is 4.79 Å². The standard InChI is InChI=1S/C13H23N3O3/c1-10-12(11(2)15(3)14-10)4-5-13(19)16(6-8-17)7-9-18/h17-18H,4-9H2,1-3H3. The number of rotatable bonds is 7. The molecule has 1 aromatic rings. The van der Waals surface area contributed by atoms with Crippen molar-refractivity contribution in [3.8, 4) is 0 Å². The van der Waals surface area contributed by atoms with Crippen LogP contribution in [-0.2, 0) is 18.3 Å². The van der Waals surface area contributed by atoms with E-state index in [1.54, 1.807) is 0 Å². The van der Waals surface area contributed by atoms with Crippen LogP contribution in [0.5, 0.6) is 0 Å². The predicted octanol–water partition coefficient (Wildman–Crippen LogP) is -0.217. The maximum absolute atomic E-state index is 12.0. The summed E-state index contributed by atoms with van der Waals surface area (Å²) in [4.78, 5) is 13.5. The van der Waals surface area contributed by atoms with Crippen molar-refractivity contribution in [2.45, 2.75) is 26.7 Å². The van der Waals surface area contributed by atoms with Crippen LogP contribution in [-0.4, -0.2) is 57.1 Å². The van der Waals surface area contributed by atoms with Crippen LogP contribution in [0.25, 0.3) is 0 Å². The molecule has 108 valence electrons. The fourth-order valence-corrected chi connectivity index (χ4v) is 2.17. The third-order valence-corrected chi connectivity index (χ3v) is 3.34. The maximum Gasteiger partial charge on any atom is 0.223 e. The Bertz CT molecular complexity index is 423. The number of hydrogen-bond acceptors (Lipinski definition) is 4. The minimum atomic E-state index is -0.0866. The first-order chi connectivity index (χ1) is 9.01. The summed E-state index contributed by atoms with van der Waals surface area (Å²) in [5.41, 5.74) is 3.12. The molecule has 0 aliphatic carbocycles. The molecular formula is C13H23N3O3. The lowest BCUT2D eigenvalue weighted by Gasteiger charge is -2.20. The summed E-state index contributed by atoms with van der Waals surface area (Å²) in [6.45, 7) is 4.28. The van der Waals surface area contributed by atoms with Gasteiger partial charge in [-0.15, -0.1) is 0 Å². The second kappa shape index (κ2) is 7.25. The summed E-state index contributed by atoms with van der Waals surface area (Å²) in [5, 5.41) is 22.1. The summed E-state index contributed by atoms with van der Waals surface area (Å²) >= 11 is 0. The Morgan fingerprint density at radius 2 is 1.84 bits per heavy atom. The monoisotopic (exact) mass is 269 g/mol. The zero-order valence-corrected chi connectivity index (χ0v) is 11.9. The molecule has 1 rings (SSSR count). The van der Waals surface area contributed by atoms with E-state index in [0.717, 1.165) is 17.0 Å². The number of aromatic nitrogens is 2. The summed E-state index contributed by atoms with van der Waals surface area (Å²) in [6.07, 6.45) is 1.01. The SMILES string of the molecule is Cc1nn(C)c(C)c1CCC(=O)N(CCO)CCO. The number of hydrogen-bond donors (Lipinski definition) is 2. The molecule has 0 aliphatic rings. The van der Waals surface area contributed by atoms with Gasteiger partial charge in [-0.05, 0) is 25.8 Å². The van der Waals surface area contributed by atoms with Crippen molar-refractivity contribution < 1.29 is 15.0 Å². The first kappa shape index (κ1) is 15.7. The van der Waals surface area contributed by atoms with Gasteiger partial charge in [-0.3, -0.25) is 9.48 Å². The Morgan fingerprint density at radius 3 is 2.26 bits per heavy atom. The Hall–Kier alpha value is -1.40. The van der Waals surface area contributed by atoms with Gasteiger partial charge in [0.05, 0.1) is 18.9 Å². The highest BCUT2D eigenvalue weighted by atomic mass is 16.3. The lowest BCUT2D eigenvalue weighted by atomic mass is 10.1.